The molecule has 0 spiro atoms. The van der Waals surface area contributed by atoms with E-state index in [0.29, 0.717) is 11.8 Å². The summed E-state index contributed by atoms with van der Waals surface area (Å²) in [6.07, 6.45) is 6.76. The van der Waals surface area contributed by atoms with Gasteiger partial charge in [0.25, 0.3) is 0 Å². The fraction of sp³-hybridized carbons (Fsp3) is 0.368. The molecule has 3 heterocycles. The third kappa shape index (κ3) is 2.87. The van der Waals surface area contributed by atoms with Crippen LogP contribution in [-0.2, 0) is 11.2 Å². The van der Waals surface area contributed by atoms with Crippen molar-refractivity contribution in [1.82, 2.24) is 14.4 Å². The molecular weight excluding hydrogens is 302 g/mol. The van der Waals surface area contributed by atoms with Gasteiger partial charge in [-0.05, 0) is 18.4 Å². The predicted molar refractivity (Wildman–Crippen MR) is 91.6 cm³/mol. The molecule has 5 nitrogen and oxygen atoms in total. The number of benzene rings is 1. The van der Waals surface area contributed by atoms with E-state index in [0.717, 1.165) is 49.5 Å². The minimum absolute atomic E-state index is 0.429. The maximum absolute atomic E-state index is 5.51. The summed E-state index contributed by atoms with van der Waals surface area (Å²) in [4.78, 5) is 9.33. The Labute approximate surface area is 141 Å². The lowest BCUT2D eigenvalue weighted by molar-refractivity contribution is 0.0835. The van der Waals surface area contributed by atoms with Gasteiger partial charge < -0.3 is 9.47 Å². The number of imidazole rings is 1. The van der Waals surface area contributed by atoms with Crippen LogP contribution in [0.3, 0.4) is 0 Å². The van der Waals surface area contributed by atoms with Crippen molar-refractivity contribution in [3.8, 4) is 5.88 Å². The molecule has 4 rings (SSSR count). The molecule has 124 valence electrons. The molecule has 1 aliphatic rings. The molecule has 5 heteroatoms. The number of ether oxygens (including phenoxy) is 2. The molecule has 0 saturated carbocycles. The molecule has 1 fully saturated rings. The first-order valence-electron chi connectivity index (χ1n) is 8.37. The zero-order chi connectivity index (χ0) is 16.4. The van der Waals surface area contributed by atoms with Crippen molar-refractivity contribution in [1.29, 1.82) is 0 Å². The van der Waals surface area contributed by atoms with E-state index < -0.39 is 0 Å². The zero-order valence-electron chi connectivity index (χ0n) is 13.8. The Morgan fingerprint density at radius 3 is 2.75 bits per heavy atom. The number of nitrogens with zero attached hydrogens (tertiary/aromatic N) is 3. The number of aromatic nitrogens is 3. The first kappa shape index (κ1) is 15.1. The summed E-state index contributed by atoms with van der Waals surface area (Å²) in [7, 11) is 1.66. The Hall–Kier alpha value is -2.40. The monoisotopic (exact) mass is 323 g/mol. The van der Waals surface area contributed by atoms with E-state index in [1.54, 1.807) is 7.11 Å². The number of fused-ring (bicyclic) bond motifs is 1. The van der Waals surface area contributed by atoms with Crippen molar-refractivity contribution < 1.29 is 9.47 Å². The molecule has 1 aliphatic heterocycles. The first-order valence-corrected chi connectivity index (χ1v) is 8.37. The third-order valence-corrected chi connectivity index (χ3v) is 4.58. The van der Waals surface area contributed by atoms with Gasteiger partial charge >= 0.3 is 0 Å². The summed E-state index contributed by atoms with van der Waals surface area (Å²) >= 11 is 0. The van der Waals surface area contributed by atoms with Gasteiger partial charge in [-0.15, -0.1) is 0 Å². The van der Waals surface area contributed by atoms with E-state index in [1.807, 2.05) is 12.3 Å². The highest BCUT2D eigenvalue weighted by Gasteiger charge is 2.22. The fourth-order valence-corrected chi connectivity index (χ4v) is 3.33. The van der Waals surface area contributed by atoms with Crippen LogP contribution in [0.1, 0.15) is 35.8 Å². The Kier molecular flexibility index (Phi) is 4.17. The Bertz CT molecular complexity index is 823. The van der Waals surface area contributed by atoms with Gasteiger partial charge in [-0.1, -0.05) is 30.3 Å². The van der Waals surface area contributed by atoms with Crippen LogP contribution >= 0.6 is 0 Å². The van der Waals surface area contributed by atoms with Gasteiger partial charge in [0, 0.05) is 31.7 Å². The normalized spacial score (nSPS) is 15.7. The Morgan fingerprint density at radius 1 is 1.21 bits per heavy atom. The van der Waals surface area contributed by atoms with Crippen LogP contribution in [0.2, 0.25) is 0 Å². The molecule has 0 bridgehead atoms. The van der Waals surface area contributed by atoms with Crippen LogP contribution < -0.4 is 4.74 Å². The largest absolute Gasteiger partial charge is 0.479 e. The minimum atomic E-state index is 0.429. The maximum atomic E-state index is 5.51. The number of hydrogen-bond acceptors (Lipinski definition) is 4. The third-order valence-electron chi connectivity index (χ3n) is 4.58. The first-order chi connectivity index (χ1) is 11.8. The molecule has 0 aliphatic carbocycles. The average Bonchev–Trinajstić information content (AvgIpc) is 3.06. The van der Waals surface area contributed by atoms with Crippen LogP contribution in [0.5, 0.6) is 5.88 Å². The van der Waals surface area contributed by atoms with Gasteiger partial charge in [-0.3, -0.25) is 4.40 Å². The Morgan fingerprint density at radius 2 is 2.00 bits per heavy atom. The summed E-state index contributed by atoms with van der Waals surface area (Å²) < 4.78 is 13.1. The molecule has 0 radical (unpaired) electrons. The van der Waals surface area contributed by atoms with Crippen molar-refractivity contribution in [3.63, 3.8) is 0 Å². The molecule has 2 aromatic heterocycles. The molecule has 3 aromatic rings. The van der Waals surface area contributed by atoms with E-state index >= 15 is 0 Å². The van der Waals surface area contributed by atoms with Gasteiger partial charge in [0.2, 0.25) is 5.88 Å². The molecule has 1 aromatic carbocycles. The van der Waals surface area contributed by atoms with E-state index in [-0.39, 0.29) is 0 Å². The van der Waals surface area contributed by atoms with Crippen molar-refractivity contribution in [3.05, 3.63) is 59.8 Å². The van der Waals surface area contributed by atoms with Crippen molar-refractivity contribution in [2.75, 3.05) is 20.3 Å². The minimum Gasteiger partial charge on any atom is -0.479 e. The number of hydrogen-bond donors (Lipinski definition) is 0. The second kappa shape index (κ2) is 6.61. The smallest absolute Gasteiger partial charge is 0.239 e. The van der Waals surface area contributed by atoms with Gasteiger partial charge in [0.1, 0.15) is 11.3 Å². The summed E-state index contributed by atoms with van der Waals surface area (Å²) in [5.74, 6) is 2.15. The number of methoxy groups -OCH3 is 1. The highest BCUT2D eigenvalue weighted by molar-refractivity contribution is 5.56. The lowest BCUT2D eigenvalue weighted by Gasteiger charge is -2.21. The van der Waals surface area contributed by atoms with Crippen LogP contribution in [0.4, 0.5) is 0 Å². The highest BCUT2D eigenvalue weighted by atomic mass is 16.5. The summed E-state index contributed by atoms with van der Waals surface area (Å²) in [6, 6.07) is 10.4. The van der Waals surface area contributed by atoms with Crippen LogP contribution in [0.25, 0.3) is 5.52 Å². The standard InChI is InChI=1S/C19H21N3O2/c1-23-19-17-12-20-18(15-7-9-24-10-8-15)22(17)13-16(21-19)11-14-5-3-2-4-6-14/h2-6,12-13,15H,7-11H2,1H3. The fourth-order valence-electron chi connectivity index (χ4n) is 3.33. The second-order valence-corrected chi connectivity index (χ2v) is 6.16. The molecule has 0 N–H and O–H groups in total. The van der Waals surface area contributed by atoms with Crippen molar-refractivity contribution in [2.45, 2.75) is 25.2 Å². The molecular formula is C19H21N3O2. The Balaban J connectivity index is 1.75. The molecule has 24 heavy (non-hydrogen) atoms. The van der Waals surface area contributed by atoms with Gasteiger partial charge in [0.15, 0.2) is 0 Å². The molecule has 1 saturated heterocycles. The van der Waals surface area contributed by atoms with E-state index in [1.165, 1.54) is 5.56 Å². The van der Waals surface area contributed by atoms with Gasteiger partial charge in [-0.25, -0.2) is 9.97 Å². The van der Waals surface area contributed by atoms with Gasteiger partial charge in [-0.2, -0.15) is 0 Å². The van der Waals surface area contributed by atoms with E-state index in [2.05, 4.69) is 44.8 Å². The van der Waals surface area contributed by atoms with Crippen molar-refractivity contribution >= 4 is 5.52 Å². The second-order valence-electron chi connectivity index (χ2n) is 6.16. The van der Waals surface area contributed by atoms with Crippen LogP contribution in [-0.4, -0.2) is 34.7 Å². The summed E-state index contributed by atoms with van der Waals surface area (Å²) in [5.41, 5.74) is 3.15. The van der Waals surface area contributed by atoms with E-state index in [9.17, 15) is 0 Å². The average molecular weight is 323 g/mol. The SMILES string of the molecule is COc1nc(Cc2ccccc2)cn2c(C3CCOCC3)ncc12. The lowest BCUT2D eigenvalue weighted by Crippen LogP contribution is -2.16. The van der Waals surface area contributed by atoms with Crippen LogP contribution in [0.15, 0.2) is 42.7 Å². The summed E-state index contributed by atoms with van der Waals surface area (Å²) in [5, 5.41) is 0. The molecule has 0 unspecified atom stereocenters. The van der Waals surface area contributed by atoms with E-state index in [4.69, 9.17) is 9.47 Å². The topological polar surface area (TPSA) is 48.7 Å². The zero-order valence-corrected chi connectivity index (χ0v) is 13.8. The predicted octanol–water partition coefficient (Wildman–Crippen LogP) is 3.22. The van der Waals surface area contributed by atoms with Gasteiger partial charge in [0.05, 0.1) is 19.0 Å². The quantitative estimate of drug-likeness (QED) is 0.740. The van der Waals surface area contributed by atoms with Crippen LogP contribution in [0, 0.1) is 0 Å². The maximum Gasteiger partial charge on any atom is 0.239 e. The molecule has 0 amide bonds. The van der Waals surface area contributed by atoms with Crippen molar-refractivity contribution in [2.24, 2.45) is 0 Å². The highest BCUT2D eigenvalue weighted by Crippen LogP contribution is 2.29. The lowest BCUT2D eigenvalue weighted by atomic mass is 9.99. The molecule has 0 atom stereocenters. The number of rotatable bonds is 4. The summed E-state index contributed by atoms with van der Waals surface area (Å²) in [6.45, 7) is 1.61.